The lowest BCUT2D eigenvalue weighted by Gasteiger charge is -2.23. The number of rotatable bonds is 2. The molecule has 21 heavy (non-hydrogen) atoms. The van der Waals surface area contributed by atoms with Crippen LogP contribution in [0.2, 0.25) is 0 Å². The Morgan fingerprint density at radius 1 is 1.19 bits per heavy atom. The third kappa shape index (κ3) is 2.22. The number of hydrogen-bond acceptors (Lipinski definition) is 3. The number of anilines is 1. The van der Waals surface area contributed by atoms with Crippen LogP contribution in [0.5, 0.6) is 0 Å². The summed E-state index contributed by atoms with van der Waals surface area (Å²) in [5, 5.41) is 3.50. The smallest absolute Gasteiger partial charge is 0.180 e. The molecule has 1 aromatic carbocycles. The quantitative estimate of drug-likeness (QED) is 0.779. The van der Waals surface area contributed by atoms with Crippen LogP contribution in [-0.2, 0) is 0 Å². The standard InChI is InChI=1S/C16H17FN4/c17-11-6-7-14-13(10-11)20-15(16-18-8-9-21(14)16)19-12-4-2-1-3-5-12/h6-10,12H,1-5H2,(H,19,20). The minimum Gasteiger partial charge on any atom is -0.364 e. The van der Waals surface area contributed by atoms with Gasteiger partial charge in [0.15, 0.2) is 11.5 Å². The van der Waals surface area contributed by atoms with Gasteiger partial charge in [0.05, 0.1) is 11.0 Å². The van der Waals surface area contributed by atoms with Crippen LogP contribution in [-0.4, -0.2) is 20.4 Å². The molecule has 2 aromatic heterocycles. The maximum atomic E-state index is 13.5. The number of nitrogens with zero attached hydrogens (tertiary/aromatic N) is 3. The highest BCUT2D eigenvalue weighted by molar-refractivity contribution is 5.82. The number of aromatic nitrogens is 3. The first-order chi connectivity index (χ1) is 10.3. The molecule has 1 aliphatic carbocycles. The van der Waals surface area contributed by atoms with Crippen molar-refractivity contribution in [2.75, 3.05) is 5.32 Å². The summed E-state index contributed by atoms with van der Waals surface area (Å²) < 4.78 is 15.4. The summed E-state index contributed by atoms with van der Waals surface area (Å²) in [6, 6.07) is 5.12. The first-order valence-corrected chi connectivity index (χ1v) is 7.50. The van der Waals surface area contributed by atoms with E-state index in [0.29, 0.717) is 11.6 Å². The molecule has 4 nitrogen and oxygen atoms in total. The molecule has 0 spiro atoms. The first-order valence-electron chi connectivity index (χ1n) is 7.50. The van der Waals surface area contributed by atoms with E-state index in [2.05, 4.69) is 15.3 Å². The molecule has 1 aliphatic rings. The molecule has 0 saturated heterocycles. The highest BCUT2D eigenvalue weighted by Crippen LogP contribution is 2.25. The zero-order valence-electron chi connectivity index (χ0n) is 11.7. The van der Waals surface area contributed by atoms with E-state index in [0.717, 1.165) is 29.8 Å². The van der Waals surface area contributed by atoms with Crippen LogP contribution in [0.15, 0.2) is 30.6 Å². The number of imidazole rings is 1. The van der Waals surface area contributed by atoms with Crippen molar-refractivity contribution in [1.82, 2.24) is 14.4 Å². The molecule has 0 unspecified atom stereocenters. The lowest BCUT2D eigenvalue weighted by molar-refractivity contribution is 0.462. The van der Waals surface area contributed by atoms with E-state index in [1.54, 1.807) is 12.3 Å². The van der Waals surface area contributed by atoms with Gasteiger partial charge < -0.3 is 5.32 Å². The molecular formula is C16H17FN4. The average Bonchev–Trinajstić information content (AvgIpc) is 2.98. The van der Waals surface area contributed by atoms with Gasteiger partial charge in [-0.1, -0.05) is 19.3 Å². The molecular weight excluding hydrogens is 267 g/mol. The Labute approximate surface area is 122 Å². The molecule has 2 heterocycles. The number of hydrogen-bond donors (Lipinski definition) is 1. The minimum atomic E-state index is -0.266. The lowest BCUT2D eigenvalue weighted by Crippen LogP contribution is -2.23. The van der Waals surface area contributed by atoms with Gasteiger partial charge >= 0.3 is 0 Å². The third-order valence-electron chi connectivity index (χ3n) is 4.23. The fourth-order valence-electron chi connectivity index (χ4n) is 3.17. The SMILES string of the molecule is Fc1ccc2c(c1)nc(NC1CCCCC1)c1nccn12. The van der Waals surface area contributed by atoms with E-state index in [-0.39, 0.29) is 5.82 Å². The van der Waals surface area contributed by atoms with Crippen molar-refractivity contribution in [2.45, 2.75) is 38.1 Å². The van der Waals surface area contributed by atoms with Gasteiger partial charge in [-0.05, 0) is 25.0 Å². The van der Waals surface area contributed by atoms with Crippen molar-refractivity contribution >= 4 is 22.5 Å². The topological polar surface area (TPSA) is 42.2 Å². The maximum Gasteiger partial charge on any atom is 0.180 e. The molecule has 0 aliphatic heterocycles. The molecule has 4 rings (SSSR count). The van der Waals surface area contributed by atoms with Gasteiger partial charge in [0, 0.05) is 24.5 Å². The Bertz CT molecular complexity index is 789. The maximum absolute atomic E-state index is 13.5. The summed E-state index contributed by atoms with van der Waals surface area (Å²) in [5.74, 6) is 0.489. The average molecular weight is 284 g/mol. The molecule has 1 fully saturated rings. The summed E-state index contributed by atoms with van der Waals surface area (Å²) in [4.78, 5) is 9.00. The van der Waals surface area contributed by atoms with Gasteiger partial charge in [-0.25, -0.2) is 14.4 Å². The van der Waals surface area contributed by atoms with Gasteiger partial charge in [0.1, 0.15) is 5.82 Å². The minimum absolute atomic E-state index is 0.266. The predicted molar refractivity (Wildman–Crippen MR) is 80.9 cm³/mol. The number of halogens is 1. The summed E-state index contributed by atoms with van der Waals surface area (Å²) >= 11 is 0. The van der Waals surface area contributed by atoms with E-state index in [1.165, 1.54) is 31.4 Å². The van der Waals surface area contributed by atoms with Crippen molar-refractivity contribution < 1.29 is 4.39 Å². The zero-order valence-corrected chi connectivity index (χ0v) is 11.7. The Balaban J connectivity index is 1.83. The summed E-state index contributed by atoms with van der Waals surface area (Å²) in [6.07, 6.45) is 9.79. The van der Waals surface area contributed by atoms with Gasteiger partial charge in [-0.3, -0.25) is 4.40 Å². The van der Waals surface area contributed by atoms with Crippen molar-refractivity contribution in [3.8, 4) is 0 Å². The normalized spacial score (nSPS) is 16.6. The second kappa shape index (κ2) is 4.98. The van der Waals surface area contributed by atoms with E-state index >= 15 is 0 Å². The van der Waals surface area contributed by atoms with Crippen molar-refractivity contribution in [3.05, 3.63) is 36.4 Å². The first kappa shape index (κ1) is 12.6. The van der Waals surface area contributed by atoms with Crippen LogP contribution in [0.1, 0.15) is 32.1 Å². The van der Waals surface area contributed by atoms with Crippen LogP contribution in [0.4, 0.5) is 10.2 Å². The van der Waals surface area contributed by atoms with Crippen molar-refractivity contribution in [1.29, 1.82) is 0 Å². The highest BCUT2D eigenvalue weighted by atomic mass is 19.1. The second-order valence-corrected chi connectivity index (χ2v) is 5.69. The lowest BCUT2D eigenvalue weighted by atomic mass is 9.95. The second-order valence-electron chi connectivity index (χ2n) is 5.69. The Hall–Kier alpha value is -2.17. The van der Waals surface area contributed by atoms with Crippen LogP contribution in [0, 0.1) is 5.82 Å². The van der Waals surface area contributed by atoms with Gasteiger partial charge in [0.2, 0.25) is 0 Å². The van der Waals surface area contributed by atoms with Gasteiger partial charge in [-0.2, -0.15) is 0 Å². The fraction of sp³-hybridized carbons (Fsp3) is 0.375. The Kier molecular flexibility index (Phi) is 2.98. The van der Waals surface area contributed by atoms with E-state index in [4.69, 9.17) is 0 Å². The Morgan fingerprint density at radius 3 is 2.90 bits per heavy atom. The van der Waals surface area contributed by atoms with Crippen LogP contribution in [0.3, 0.4) is 0 Å². The Morgan fingerprint density at radius 2 is 2.05 bits per heavy atom. The molecule has 0 radical (unpaired) electrons. The largest absolute Gasteiger partial charge is 0.364 e. The van der Waals surface area contributed by atoms with Crippen LogP contribution >= 0.6 is 0 Å². The molecule has 0 amide bonds. The fourth-order valence-corrected chi connectivity index (χ4v) is 3.17. The third-order valence-corrected chi connectivity index (χ3v) is 4.23. The molecule has 0 bridgehead atoms. The summed E-state index contributed by atoms with van der Waals surface area (Å²) in [6.45, 7) is 0. The molecule has 1 saturated carbocycles. The van der Waals surface area contributed by atoms with Crippen LogP contribution < -0.4 is 5.32 Å². The molecule has 1 N–H and O–H groups in total. The zero-order chi connectivity index (χ0) is 14.2. The van der Waals surface area contributed by atoms with Crippen molar-refractivity contribution in [2.24, 2.45) is 0 Å². The van der Waals surface area contributed by atoms with Gasteiger partial charge in [-0.15, -0.1) is 0 Å². The summed E-state index contributed by atoms with van der Waals surface area (Å²) in [5.41, 5.74) is 2.33. The number of nitrogens with one attached hydrogen (secondary N) is 1. The molecule has 3 aromatic rings. The van der Waals surface area contributed by atoms with Crippen LogP contribution in [0.25, 0.3) is 16.7 Å². The summed E-state index contributed by atoms with van der Waals surface area (Å²) in [7, 11) is 0. The van der Waals surface area contributed by atoms with Gasteiger partial charge in [0.25, 0.3) is 0 Å². The molecule has 0 atom stereocenters. The van der Waals surface area contributed by atoms with Crippen molar-refractivity contribution in [3.63, 3.8) is 0 Å². The van der Waals surface area contributed by atoms with E-state index in [1.807, 2.05) is 10.6 Å². The van der Waals surface area contributed by atoms with E-state index < -0.39 is 0 Å². The van der Waals surface area contributed by atoms with E-state index in [9.17, 15) is 4.39 Å². The molecule has 108 valence electrons. The number of fused-ring (bicyclic) bond motifs is 3. The number of benzene rings is 1. The predicted octanol–water partition coefficient (Wildman–Crippen LogP) is 3.77. The molecule has 5 heteroatoms. The monoisotopic (exact) mass is 284 g/mol. The highest BCUT2D eigenvalue weighted by Gasteiger charge is 2.16.